The molecule has 2 aromatic rings. The average molecular weight is 303 g/mol. The Kier molecular flexibility index (Phi) is 4.46. The maximum absolute atomic E-state index is 10.1. The molecule has 0 fully saturated rings. The summed E-state index contributed by atoms with van der Waals surface area (Å²) in [4.78, 5) is 3.87. The van der Waals surface area contributed by atoms with Gasteiger partial charge in [-0.05, 0) is 41.5 Å². The molecule has 0 spiro atoms. The summed E-state index contributed by atoms with van der Waals surface area (Å²) in [7, 11) is 0. The van der Waals surface area contributed by atoms with Crippen molar-refractivity contribution >= 4 is 34.8 Å². The van der Waals surface area contributed by atoms with E-state index in [0.29, 0.717) is 27.2 Å². The lowest BCUT2D eigenvalue weighted by Gasteiger charge is -2.12. The number of hydrogen-bond acceptors (Lipinski definition) is 2. The van der Waals surface area contributed by atoms with Crippen molar-refractivity contribution in [2.24, 2.45) is 0 Å². The van der Waals surface area contributed by atoms with Gasteiger partial charge in [-0.15, -0.1) is 0 Å². The van der Waals surface area contributed by atoms with Crippen LogP contribution >= 0.6 is 34.8 Å². The minimum Gasteiger partial charge on any atom is -0.388 e. The molecular weight excluding hydrogens is 293 g/mol. The zero-order chi connectivity index (χ0) is 13.1. The van der Waals surface area contributed by atoms with E-state index in [2.05, 4.69) is 4.98 Å². The Morgan fingerprint density at radius 2 is 1.89 bits per heavy atom. The van der Waals surface area contributed by atoms with Crippen LogP contribution in [-0.2, 0) is 6.42 Å². The van der Waals surface area contributed by atoms with Gasteiger partial charge in [0.15, 0.2) is 0 Å². The molecule has 5 heteroatoms. The van der Waals surface area contributed by atoms with Gasteiger partial charge in [0.1, 0.15) is 5.15 Å². The minimum absolute atomic E-state index is 0.351. The predicted octanol–water partition coefficient (Wildman–Crippen LogP) is 4.32. The Bertz CT molecular complexity index is 560. The highest BCUT2D eigenvalue weighted by Crippen LogP contribution is 2.26. The van der Waals surface area contributed by atoms with Crippen molar-refractivity contribution in [3.8, 4) is 0 Å². The number of aromatic nitrogens is 1. The molecule has 18 heavy (non-hydrogen) atoms. The third kappa shape index (κ3) is 3.36. The van der Waals surface area contributed by atoms with Crippen molar-refractivity contribution in [3.05, 3.63) is 62.9 Å². The molecule has 0 aliphatic carbocycles. The standard InChI is InChI=1S/C13H10Cl3NO/c14-10-1-2-11(15)9(5-10)6-12(18)8-3-4-17-13(16)7-8/h1-5,7,12,18H,6H2. The van der Waals surface area contributed by atoms with Crippen molar-refractivity contribution in [3.63, 3.8) is 0 Å². The van der Waals surface area contributed by atoms with Crippen LogP contribution in [0.4, 0.5) is 0 Å². The Labute approximate surface area is 120 Å². The molecular formula is C13H10Cl3NO. The molecule has 1 aromatic carbocycles. The fourth-order valence-corrected chi connectivity index (χ4v) is 2.22. The third-order valence-corrected chi connectivity index (χ3v) is 3.37. The van der Waals surface area contributed by atoms with Gasteiger partial charge < -0.3 is 5.11 Å². The Morgan fingerprint density at radius 1 is 1.11 bits per heavy atom. The van der Waals surface area contributed by atoms with Crippen molar-refractivity contribution in [1.82, 2.24) is 4.98 Å². The number of pyridine rings is 1. The predicted molar refractivity (Wildman–Crippen MR) is 74.4 cm³/mol. The van der Waals surface area contributed by atoms with Crippen LogP contribution in [0, 0.1) is 0 Å². The van der Waals surface area contributed by atoms with Crippen molar-refractivity contribution in [1.29, 1.82) is 0 Å². The van der Waals surface area contributed by atoms with Crippen molar-refractivity contribution in [2.45, 2.75) is 12.5 Å². The second kappa shape index (κ2) is 5.89. The van der Waals surface area contributed by atoms with Gasteiger partial charge in [-0.3, -0.25) is 0 Å². The molecule has 2 rings (SSSR count). The van der Waals surface area contributed by atoms with Gasteiger partial charge in [0, 0.05) is 22.7 Å². The van der Waals surface area contributed by atoms with E-state index in [1.54, 1.807) is 36.5 Å². The first-order valence-corrected chi connectivity index (χ1v) is 6.43. The number of hydrogen-bond donors (Lipinski definition) is 1. The molecule has 0 aliphatic rings. The van der Waals surface area contributed by atoms with Crippen LogP contribution in [0.15, 0.2) is 36.5 Å². The topological polar surface area (TPSA) is 33.1 Å². The fraction of sp³-hybridized carbons (Fsp3) is 0.154. The molecule has 0 bridgehead atoms. The number of aliphatic hydroxyl groups excluding tert-OH is 1. The summed E-state index contributed by atoms with van der Waals surface area (Å²) in [6.07, 6.45) is 1.24. The summed E-state index contributed by atoms with van der Waals surface area (Å²) in [5, 5.41) is 11.7. The van der Waals surface area contributed by atoms with E-state index in [0.717, 1.165) is 5.56 Å². The summed E-state index contributed by atoms with van der Waals surface area (Å²) in [5.74, 6) is 0. The highest BCUT2D eigenvalue weighted by Gasteiger charge is 2.12. The molecule has 0 aliphatic heterocycles. The number of benzene rings is 1. The first kappa shape index (κ1) is 13.6. The molecule has 0 amide bonds. The maximum Gasteiger partial charge on any atom is 0.129 e. The van der Waals surface area contributed by atoms with Crippen LogP contribution in [0.5, 0.6) is 0 Å². The largest absolute Gasteiger partial charge is 0.388 e. The maximum atomic E-state index is 10.1. The summed E-state index contributed by atoms with van der Waals surface area (Å²) < 4.78 is 0. The second-order valence-corrected chi connectivity index (χ2v) is 5.10. The van der Waals surface area contributed by atoms with E-state index >= 15 is 0 Å². The lowest BCUT2D eigenvalue weighted by atomic mass is 10.0. The summed E-state index contributed by atoms with van der Waals surface area (Å²) in [6, 6.07) is 8.52. The lowest BCUT2D eigenvalue weighted by molar-refractivity contribution is 0.178. The molecule has 94 valence electrons. The molecule has 2 nitrogen and oxygen atoms in total. The van der Waals surface area contributed by atoms with E-state index in [4.69, 9.17) is 34.8 Å². The molecule has 0 saturated carbocycles. The molecule has 0 saturated heterocycles. The summed E-state index contributed by atoms with van der Waals surface area (Å²) >= 11 is 17.7. The molecule has 1 N–H and O–H groups in total. The fourth-order valence-electron chi connectivity index (χ4n) is 1.65. The van der Waals surface area contributed by atoms with Gasteiger partial charge in [-0.25, -0.2) is 4.98 Å². The monoisotopic (exact) mass is 301 g/mol. The highest BCUT2D eigenvalue weighted by molar-refractivity contribution is 6.33. The number of halogens is 3. The van der Waals surface area contributed by atoms with E-state index < -0.39 is 6.10 Å². The van der Waals surface area contributed by atoms with Gasteiger partial charge in [0.05, 0.1) is 6.10 Å². The number of aliphatic hydroxyl groups is 1. The quantitative estimate of drug-likeness (QED) is 0.857. The lowest BCUT2D eigenvalue weighted by Crippen LogP contribution is -2.02. The van der Waals surface area contributed by atoms with Gasteiger partial charge in [0.25, 0.3) is 0 Å². The van der Waals surface area contributed by atoms with Gasteiger partial charge in [0.2, 0.25) is 0 Å². The SMILES string of the molecule is OC(Cc1cc(Cl)ccc1Cl)c1ccnc(Cl)c1. The minimum atomic E-state index is -0.693. The van der Waals surface area contributed by atoms with Crippen molar-refractivity contribution < 1.29 is 5.11 Å². The van der Waals surface area contributed by atoms with Crippen LogP contribution in [0.25, 0.3) is 0 Å². The molecule has 0 radical (unpaired) electrons. The van der Waals surface area contributed by atoms with E-state index in [-0.39, 0.29) is 0 Å². The number of nitrogens with zero attached hydrogens (tertiary/aromatic N) is 1. The summed E-state index contributed by atoms with van der Waals surface area (Å²) in [5.41, 5.74) is 1.50. The molecule has 1 heterocycles. The first-order valence-electron chi connectivity index (χ1n) is 5.29. The van der Waals surface area contributed by atoms with Crippen LogP contribution in [0.3, 0.4) is 0 Å². The third-order valence-electron chi connectivity index (χ3n) is 2.56. The Hall–Kier alpha value is -0.800. The molecule has 1 unspecified atom stereocenters. The molecule has 1 aromatic heterocycles. The first-order chi connectivity index (χ1) is 8.56. The zero-order valence-corrected chi connectivity index (χ0v) is 11.5. The normalized spacial score (nSPS) is 12.4. The van der Waals surface area contributed by atoms with Gasteiger partial charge in [-0.2, -0.15) is 0 Å². The van der Waals surface area contributed by atoms with Crippen LogP contribution in [0.2, 0.25) is 15.2 Å². The van der Waals surface area contributed by atoms with Crippen LogP contribution in [-0.4, -0.2) is 10.1 Å². The van der Waals surface area contributed by atoms with Crippen molar-refractivity contribution in [2.75, 3.05) is 0 Å². The smallest absolute Gasteiger partial charge is 0.129 e. The second-order valence-electron chi connectivity index (χ2n) is 3.87. The number of rotatable bonds is 3. The highest BCUT2D eigenvalue weighted by atomic mass is 35.5. The van der Waals surface area contributed by atoms with Crippen LogP contribution in [0.1, 0.15) is 17.2 Å². The van der Waals surface area contributed by atoms with E-state index in [1.165, 1.54) is 0 Å². The Balaban J connectivity index is 2.21. The summed E-state index contributed by atoms with van der Waals surface area (Å²) in [6.45, 7) is 0. The van der Waals surface area contributed by atoms with E-state index in [1.807, 2.05) is 0 Å². The average Bonchev–Trinajstić information content (AvgIpc) is 2.34. The van der Waals surface area contributed by atoms with E-state index in [9.17, 15) is 5.11 Å². The van der Waals surface area contributed by atoms with Gasteiger partial charge in [-0.1, -0.05) is 34.8 Å². The Morgan fingerprint density at radius 3 is 2.61 bits per heavy atom. The van der Waals surface area contributed by atoms with Gasteiger partial charge >= 0.3 is 0 Å². The van der Waals surface area contributed by atoms with Crippen LogP contribution < -0.4 is 0 Å². The zero-order valence-electron chi connectivity index (χ0n) is 9.28. The molecule has 1 atom stereocenters.